The summed E-state index contributed by atoms with van der Waals surface area (Å²) in [5.41, 5.74) is 0. The molecule has 3 amide bonds. The predicted octanol–water partition coefficient (Wildman–Crippen LogP) is -0.308. The quantitative estimate of drug-likeness (QED) is 0.432. The molecule has 30 heavy (non-hydrogen) atoms. The molecule has 2 saturated heterocycles. The minimum Gasteiger partial charge on any atom is -0.491 e. The van der Waals surface area contributed by atoms with Crippen molar-refractivity contribution in [2.24, 2.45) is 4.99 Å². The van der Waals surface area contributed by atoms with E-state index in [4.69, 9.17) is 21.4 Å². The summed E-state index contributed by atoms with van der Waals surface area (Å²) >= 11 is 5.83. The van der Waals surface area contributed by atoms with Gasteiger partial charge in [-0.25, -0.2) is 4.79 Å². The number of aliphatic carboxylic acids is 1. The predicted molar refractivity (Wildman–Crippen MR) is 106 cm³/mol. The fourth-order valence-electron chi connectivity index (χ4n) is 3.18. The number of ether oxygens (including phenoxy) is 1. The second-order valence-electron chi connectivity index (χ2n) is 6.86. The van der Waals surface area contributed by atoms with Crippen molar-refractivity contribution in [3.63, 3.8) is 0 Å². The van der Waals surface area contributed by atoms with Crippen LogP contribution in [0.5, 0.6) is 5.75 Å². The molecule has 2 aliphatic rings. The Kier molecular flexibility index (Phi) is 6.63. The summed E-state index contributed by atoms with van der Waals surface area (Å²) in [6.45, 7) is -0.109. The molecule has 0 bridgehead atoms. The van der Waals surface area contributed by atoms with Crippen LogP contribution in [0.25, 0.3) is 0 Å². The number of carboxylic acid groups (broad SMARTS) is 1. The normalized spacial score (nSPS) is 23.1. The molecule has 0 spiro atoms. The SMILES string of the molecule is CN1C(=O)NC(=O)C2C1NC(=NCCC(=O)O)N2CC(O)COc1ccc(Cl)cc1. The molecule has 12 heteroatoms. The third-order valence-electron chi connectivity index (χ3n) is 4.67. The maximum Gasteiger partial charge on any atom is 0.325 e. The van der Waals surface area contributed by atoms with Crippen LogP contribution in [0.1, 0.15) is 6.42 Å². The van der Waals surface area contributed by atoms with Crippen molar-refractivity contribution in [1.82, 2.24) is 20.4 Å². The fourth-order valence-corrected chi connectivity index (χ4v) is 3.31. The minimum atomic E-state index is -1.01. The number of carbonyl (C=O) groups is 3. The molecule has 0 saturated carbocycles. The monoisotopic (exact) mass is 439 g/mol. The Labute approximate surface area is 177 Å². The summed E-state index contributed by atoms with van der Waals surface area (Å²) in [5.74, 6) is -0.798. The first-order valence-corrected chi connectivity index (χ1v) is 9.57. The topological polar surface area (TPSA) is 144 Å². The maximum absolute atomic E-state index is 12.4. The highest BCUT2D eigenvalue weighted by Crippen LogP contribution is 2.21. The number of aliphatic hydroxyl groups is 1. The molecule has 2 heterocycles. The van der Waals surface area contributed by atoms with Gasteiger partial charge in [0.25, 0.3) is 5.91 Å². The van der Waals surface area contributed by atoms with E-state index in [0.29, 0.717) is 10.8 Å². The van der Waals surface area contributed by atoms with E-state index in [9.17, 15) is 19.5 Å². The lowest BCUT2D eigenvalue weighted by Gasteiger charge is -2.35. The maximum atomic E-state index is 12.4. The van der Waals surface area contributed by atoms with Gasteiger partial charge in [-0.05, 0) is 24.3 Å². The Hall–Kier alpha value is -3.05. The second kappa shape index (κ2) is 9.18. The first-order chi connectivity index (χ1) is 14.3. The van der Waals surface area contributed by atoms with Crippen molar-refractivity contribution >= 4 is 35.5 Å². The fraction of sp³-hybridized carbons (Fsp3) is 0.444. The van der Waals surface area contributed by atoms with E-state index in [1.54, 1.807) is 24.3 Å². The number of benzene rings is 1. The van der Waals surface area contributed by atoms with Crippen LogP contribution >= 0.6 is 11.6 Å². The van der Waals surface area contributed by atoms with Crippen LogP contribution in [0.2, 0.25) is 5.02 Å². The van der Waals surface area contributed by atoms with E-state index >= 15 is 0 Å². The molecule has 0 aliphatic carbocycles. The zero-order chi connectivity index (χ0) is 21.8. The van der Waals surface area contributed by atoms with Crippen LogP contribution < -0.4 is 15.4 Å². The van der Waals surface area contributed by atoms with Crippen molar-refractivity contribution in [1.29, 1.82) is 0 Å². The van der Waals surface area contributed by atoms with E-state index in [1.807, 2.05) is 0 Å². The first kappa shape index (κ1) is 21.7. The van der Waals surface area contributed by atoms with Crippen molar-refractivity contribution in [2.75, 3.05) is 26.7 Å². The molecule has 162 valence electrons. The highest BCUT2D eigenvalue weighted by Gasteiger charge is 2.50. The van der Waals surface area contributed by atoms with Crippen LogP contribution in [0.3, 0.4) is 0 Å². The molecule has 4 N–H and O–H groups in total. The number of nitrogens with zero attached hydrogens (tertiary/aromatic N) is 3. The summed E-state index contributed by atoms with van der Waals surface area (Å²) < 4.78 is 5.54. The van der Waals surface area contributed by atoms with Gasteiger partial charge >= 0.3 is 12.0 Å². The number of carboxylic acids is 1. The molecule has 3 atom stereocenters. The van der Waals surface area contributed by atoms with Crippen LogP contribution in [0.4, 0.5) is 4.79 Å². The number of hydrogen-bond acceptors (Lipinski definition) is 6. The van der Waals surface area contributed by atoms with Gasteiger partial charge in [-0.3, -0.25) is 19.9 Å². The molecular weight excluding hydrogens is 418 g/mol. The molecule has 1 aromatic rings. The second-order valence-corrected chi connectivity index (χ2v) is 7.30. The number of aliphatic hydroxyl groups excluding tert-OH is 1. The highest BCUT2D eigenvalue weighted by molar-refractivity contribution is 6.30. The first-order valence-electron chi connectivity index (χ1n) is 9.19. The summed E-state index contributed by atoms with van der Waals surface area (Å²) in [4.78, 5) is 42.2. The number of guanidine groups is 1. The number of aliphatic imine (C=N–C) groups is 1. The van der Waals surface area contributed by atoms with Gasteiger partial charge in [-0.2, -0.15) is 0 Å². The third kappa shape index (κ3) is 4.92. The number of β-amino-alcohol motifs (C(OH)–C–C–N with tert-alkyl or cyclic N) is 1. The molecule has 3 unspecified atom stereocenters. The van der Waals surface area contributed by atoms with Crippen molar-refractivity contribution in [2.45, 2.75) is 24.7 Å². The smallest absolute Gasteiger partial charge is 0.325 e. The molecule has 1 aromatic carbocycles. The van der Waals surface area contributed by atoms with E-state index < -0.39 is 36.2 Å². The standard InChI is InChI=1S/C18H22ClN5O6/c1-23-15-14(16(28)22-18(23)29)24(17(21-15)20-7-6-13(26)27)8-11(25)9-30-12-4-2-10(19)3-5-12/h2-5,11,14-15,25H,6-9H2,1H3,(H,20,21)(H,26,27)(H,22,28,29). The summed E-state index contributed by atoms with van der Waals surface area (Å²) in [7, 11) is 1.52. The summed E-state index contributed by atoms with van der Waals surface area (Å²) in [6.07, 6.45) is -1.89. The van der Waals surface area contributed by atoms with Crippen LogP contribution in [-0.2, 0) is 9.59 Å². The molecular formula is C18H22ClN5O6. The molecule has 3 rings (SSSR count). The number of nitrogens with one attached hydrogen (secondary N) is 2. The number of rotatable bonds is 8. The van der Waals surface area contributed by atoms with Gasteiger partial charge in [-0.15, -0.1) is 0 Å². The summed E-state index contributed by atoms with van der Waals surface area (Å²) in [6, 6.07) is 5.25. The zero-order valence-corrected chi connectivity index (χ0v) is 16.9. The Balaban J connectivity index is 1.71. The number of amides is 3. The van der Waals surface area contributed by atoms with Gasteiger partial charge in [-0.1, -0.05) is 11.6 Å². The van der Waals surface area contributed by atoms with Gasteiger partial charge in [0, 0.05) is 12.1 Å². The number of halogens is 1. The van der Waals surface area contributed by atoms with Crippen molar-refractivity contribution in [3.8, 4) is 5.75 Å². The molecule has 0 radical (unpaired) electrons. The van der Waals surface area contributed by atoms with Gasteiger partial charge in [0.2, 0.25) is 0 Å². The molecule has 0 aromatic heterocycles. The molecule has 11 nitrogen and oxygen atoms in total. The van der Waals surface area contributed by atoms with Crippen LogP contribution in [0.15, 0.2) is 29.3 Å². The summed E-state index contributed by atoms with van der Waals surface area (Å²) in [5, 5.41) is 25.1. The molecule has 2 aliphatic heterocycles. The van der Waals surface area contributed by atoms with Gasteiger partial charge in [0.1, 0.15) is 24.6 Å². The molecule has 2 fully saturated rings. The number of urea groups is 1. The van der Waals surface area contributed by atoms with Gasteiger partial charge < -0.3 is 30.1 Å². The van der Waals surface area contributed by atoms with Crippen molar-refractivity contribution in [3.05, 3.63) is 29.3 Å². The van der Waals surface area contributed by atoms with E-state index in [0.717, 1.165) is 0 Å². The Morgan fingerprint density at radius 3 is 2.70 bits per heavy atom. The van der Waals surface area contributed by atoms with E-state index in [-0.39, 0.29) is 32.1 Å². The van der Waals surface area contributed by atoms with Crippen LogP contribution in [-0.4, -0.2) is 88.9 Å². The number of fused-ring (bicyclic) bond motifs is 1. The number of hydrogen-bond donors (Lipinski definition) is 4. The number of likely N-dealkylation sites (N-methyl/N-ethyl adjacent to an activating group) is 1. The largest absolute Gasteiger partial charge is 0.491 e. The van der Waals surface area contributed by atoms with Crippen molar-refractivity contribution < 1.29 is 29.3 Å². The van der Waals surface area contributed by atoms with E-state index in [2.05, 4.69) is 15.6 Å². The van der Waals surface area contributed by atoms with Crippen LogP contribution in [0, 0.1) is 0 Å². The third-order valence-corrected chi connectivity index (χ3v) is 4.92. The highest BCUT2D eigenvalue weighted by atomic mass is 35.5. The Bertz CT molecular complexity index is 848. The van der Waals surface area contributed by atoms with E-state index in [1.165, 1.54) is 16.8 Å². The lowest BCUT2D eigenvalue weighted by atomic mass is 10.1. The minimum absolute atomic E-state index is 0.0236. The Morgan fingerprint density at radius 1 is 1.33 bits per heavy atom. The number of carbonyl (C=O) groups excluding carboxylic acids is 2. The number of imide groups is 1. The average molecular weight is 440 g/mol. The lowest BCUT2D eigenvalue weighted by Crippen LogP contribution is -2.65. The lowest BCUT2D eigenvalue weighted by molar-refractivity contribution is -0.136. The zero-order valence-electron chi connectivity index (χ0n) is 16.1. The van der Waals surface area contributed by atoms with Gasteiger partial charge in [0.05, 0.1) is 19.5 Å². The van der Waals surface area contributed by atoms with Gasteiger partial charge in [0.15, 0.2) is 12.0 Å². The average Bonchev–Trinajstić information content (AvgIpc) is 3.04. The Morgan fingerprint density at radius 2 is 2.03 bits per heavy atom.